The summed E-state index contributed by atoms with van der Waals surface area (Å²) in [4.78, 5) is 26.7. The second-order valence-corrected chi connectivity index (χ2v) is 14.9. The average molecular weight is 638 g/mol. The van der Waals surface area contributed by atoms with Gasteiger partial charge in [0.2, 0.25) is 0 Å². The van der Waals surface area contributed by atoms with E-state index in [4.69, 9.17) is 9.97 Å². The third-order valence-electron chi connectivity index (χ3n) is 8.50. The minimum Gasteiger partial charge on any atom is -0.389 e. The fourth-order valence-corrected chi connectivity index (χ4v) is 7.51. The van der Waals surface area contributed by atoms with Gasteiger partial charge in [0.25, 0.3) is 15.9 Å². The Hall–Kier alpha value is -4.38. The maximum Gasteiger partial charge on any atom is 0.269 e. The Morgan fingerprint density at radius 1 is 1.02 bits per heavy atom. The molecule has 1 aliphatic rings. The van der Waals surface area contributed by atoms with E-state index in [0.29, 0.717) is 27.9 Å². The predicted molar refractivity (Wildman–Crippen MR) is 180 cm³/mol. The van der Waals surface area contributed by atoms with E-state index < -0.39 is 15.6 Å². The van der Waals surface area contributed by atoms with Crippen molar-refractivity contribution in [1.29, 1.82) is 0 Å². The predicted octanol–water partition coefficient (Wildman–Crippen LogP) is 5.45. The summed E-state index contributed by atoms with van der Waals surface area (Å²) in [5, 5.41) is 10.2. The molecule has 0 unspecified atom stereocenters. The fraction of sp³-hybridized carbons (Fsp3) is 0.306. The zero-order chi connectivity index (χ0) is 33.0. The highest BCUT2D eigenvalue weighted by molar-refractivity contribution is 7.90. The molecule has 1 amide bonds. The van der Waals surface area contributed by atoms with Gasteiger partial charge >= 0.3 is 0 Å². The molecule has 2 aromatic heterocycles. The van der Waals surface area contributed by atoms with Crippen molar-refractivity contribution < 1.29 is 18.3 Å². The van der Waals surface area contributed by atoms with E-state index in [-0.39, 0.29) is 23.0 Å². The van der Waals surface area contributed by atoms with Crippen LogP contribution >= 0.6 is 0 Å². The van der Waals surface area contributed by atoms with E-state index in [1.54, 1.807) is 81.8 Å². The van der Waals surface area contributed by atoms with E-state index in [1.165, 1.54) is 25.6 Å². The van der Waals surface area contributed by atoms with Crippen LogP contribution < -0.4 is 0 Å². The Morgan fingerprint density at radius 3 is 2.39 bits per heavy atom. The highest BCUT2D eigenvalue weighted by Crippen LogP contribution is 2.34. The number of benzene rings is 3. The summed E-state index contributed by atoms with van der Waals surface area (Å²) in [5.74, 6) is -0.228. The highest BCUT2D eigenvalue weighted by atomic mass is 32.2. The lowest BCUT2D eigenvalue weighted by atomic mass is 9.92. The fourth-order valence-electron chi connectivity index (χ4n) is 6.20. The Labute approximate surface area is 270 Å². The van der Waals surface area contributed by atoms with Gasteiger partial charge in [0.05, 0.1) is 22.4 Å². The first kappa shape index (κ1) is 31.6. The van der Waals surface area contributed by atoms with Crippen molar-refractivity contribution >= 4 is 27.1 Å². The van der Waals surface area contributed by atoms with Gasteiger partial charge in [-0.15, -0.1) is 0 Å². The summed E-state index contributed by atoms with van der Waals surface area (Å²) < 4.78 is 29.1. The number of fused-ring (bicyclic) bond motifs is 2. The molecule has 6 rings (SSSR count). The number of likely N-dealkylation sites (N-methyl/N-ethyl adjacent to an activating group) is 2. The van der Waals surface area contributed by atoms with Crippen LogP contribution in [0.5, 0.6) is 0 Å². The molecule has 0 radical (unpaired) electrons. The zero-order valence-electron chi connectivity index (χ0n) is 27.1. The number of carbonyl (C=O) groups is 1. The number of amides is 1. The van der Waals surface area contributed by atoms with Gasteiger partial charge in [-0.1, -0.05) is 29.8 Å². The second-order valence-electron chi connectivity index (χ2n) is 13.1. The first-order valence-corrected chi connectivity index (χ1v) is 16.8. The number of rotatable bonds is 7. The Kier molecular flexibility index (Phi) is 8.08. The SMILES string of the molecule is Cc1ccc(S(=O)(=O)n2cc(-c3ccc(C(=O)N(C)CC(C)(C)O)cc3)c3nc(-c4cc(C)c5c(c4)CN(C)CC5)cnc32)cc1. The molecule has 0 saturated carbocycles. The molecule has 0 aliphatic carbocycles. The quantitative estimate of drug-likeness (QED) is 0.253. The molecule has 46 heavy (non-hydrogen) atoms. The van der Waals surface area contributed by atoms with E-state index >= 15 is 0 Å². The van der Waals surface area contributed by atoms with Gasteiger partial charge in [0, 0.05) is 49.6 Å². The molecule has 3 aromatic carbocycles. The van der Waals surface area contributed by atoms with Gasteiger partial charge in [-0.3, -0.25) is 4.79 Å². The van der Waals surface area contributed by atoms with Crippen LogP contribution in [0, 0.1) is 13.8 Å². The number of hydrogen-bond donors (Lipinski definition) is 1. The Morgan fingerprint density at radius 2 is 1.72 bits per heavy atom. The molecule has 5 aromatic rings. The Balaban J connectivity index is 1.48. The van der Waals surface area contributed by atoms with Gasteiger partial charge in [-0.25, -0.2) is 22.4 Å². The van der Waals surface area contributed by atoms with Crippen molar-refractivity contribution in [2.45, 2.75) is 51.2 Å². The van der Waals surface area contributed by atoms with Crippen molar-refractivity contribution in [3.8, 4) is 22.4 Å². The standard InChI is InChI=1S/C36H39N5O4S/c1-23-7-13-29(14-8-23)46(44,45)41-21-31(25-9-11-26(12-10-25)35(42)40(6)22-36(3,4)43)33-34(41)37-19-32(38-33)27-17-24(2)30-15-16-39(5)20-28(30)18-27/h7-14,17-19,21,43H,15-16,20,22H2,1-6H3. The third kappa shape index (κ3) is 6.08. The topological polar surface area (TPSA) is 109 Å². The summed E-state index contributed by atoms with van der Waals surface area (Å²) in [6.45, 7) is 9.38. The van der Waals surface area contributed by atoms with E-state index in [2.05, 4.69) is 31.0 Å². The molecule has 0 bridgehead atoms. The summed E-state index contributed by atoms with van der Waals surface area (Å²) in [6, 6.07) is 18.0. The first-order valence-electron chi connectivity index (χ1n) is 15.3. The summed E-state index contributed by atoms with van der Waals surface area (Å²) >= 11 is 0. The summed E-state index contributed by atoms with van der Waals surface area (Å²) in [7, 11) is -0.234. The van der Waals surface area contributed by atoms with Crippen LogP contribution in [0.1, 0.15) is 46.5 Å². The maximum atomic E-state index is 13.9. The van der Waals surface area contributed by atoms with Crippen LogP contribution in [-0.4, -0.2) is 76.0 Å². The first-order chi connectivity index (χ1) is 21.7. The van der Waals surface area contributed by atoms with Crippen LogP contribution in [0.3, 0.4) is 0 Å². The lowest BCUT2D eigenvalue weighted by Crippen LogP contribution is -2.39. The van der Waals surface area contributed by atoms with Crippen molar-refractivity contribution in [1.82, 2.24) is 23.7 Å². The van der Waals surface area contributed by atoms with Crippen LogP contribution in [0.2, 0.25) is 0 Å². The number of aryl methyl sites for hydroxylation is 2. The lowest BCUT2D eigenvalue weighted by Gasteiger charge is -2.27. The van der Waals surface area contributed by atoms with E-state index in [1.807, 2.05) is 6.92 Å². The minimum atomic E-state index is -4.00. The van der Waals surface area contributed by atoms with Gasteiger partial charge < -0.3 is 14.9 Å². The van der Waals surface area contributed by atoms with Gasteiger partial charge in [0.1, 0.15) is 5.52 Å². The molecule has 0 fully saturated rings. The van der Waals surface area contributed by atoms with Crippen molar-refractivity contribution in [2.24, 2.45) is 0 Å². The molecule has 9 nitrogen and oxygen atoms in total. The number of aromatic nitrogens is 3. The molecule has 0 atom stereocenters. The second kappa shape index (κ2) is 11.8. The number of aliphatic hydroxyl groups is 1. The van der Waals surface area contributed by atoms with E-state index in [0.717, 1.165) is 30.6 Å². The Bertz CT molecular complexity index is 2060. The van der Waals surface area contributed by atoms with Gasteiger partial charge in [-0.05, 0) is 99.8 Å². The molecule has 10 heteroatoms. The van der Waals surface area contributed by atoms with Gasteiger partial charge in [0.15, 0.2) is 5.65 Å². The summed E-state index contributed by atoms with van der Waals surface area (Å²) in [5.41, 5.74) is 7.74. The smallest absolute Gasteiger partial charge is 0.269 e. The maximum absolute atomic E-state index is 13.9. The molecule has 3 heterocycles. The van der Waals surface area contributed by atoms with Crippen LogP contribution in [0.25, 0.3) is 33.5 Å². The molecular weight excluding hydrogens is 598 g/mol. The minimum absolute atomic E-state index is 0.151. The van der Waals surface area contributed by atoms with Crippen LogP contribution in [0.15, 0.2) is 78.0 Å². The molecular formula is C36H39N5O4S. The van der Waals surface area contributed by atoms with Crippen molar-refractivity contribution in [3.63, 3.8) is 0 Å². The molecule has 0 saturated heterocycles. The zero-order valence-corrected chi connectivity index (χ0v) is 27.9. The average Bonchev–Trinajstić information content (AvgIpc) is 3.40. The molecule has 1 aliphatic heterocycles. The normalized spacial score (nSPS) is 14.0. The van der Waals surface area contributed by atoms with Gasteiger partial charge in [-0.2, -0.15) is 0 Å². The van der Waals surface area contributed by atoms with Crippen molar-refractivity contribution in [3.05, 3.63) is 101 Å². The third-order valence-corrected chi connectivity index (χ3v) is 10.2. The van der Waals surface area contributed by atoms with Crippen LogP contribution in [0.4, 0.5) is 0 Å². The number of carbonyl (C=O) groups excluding carboxylic acids is 1. The van der Waals surface area contributed by atoms with E-state index in [9.17, 15) is 18.3 Å². The number of nitrogens with zero attached hydrogens (tertiary/aromatic N) is 5. The summed E-state index contributed by atoms with van der Waals surface area (Å²) in [6.07, 6.45) is 4.20. The molecule has 238 valence electrons. The van der Waals surface area contributed by atoms with Crippen LogP contribution in [-0.2, 0) is 23.0 Å². The highest BCUT2D eigenvalue weighted by Gasteiger charge is 2.26. The van der Waals surface area contributed by atoms with Crippen molar-refractivity contribution in [2.75, 3.05) is 27.2 Å². The largest absolute Gasteiger partial charge is 0.389 e. The monoisotopic (exact) mass is 637 g/mol. The number of hydrogen-bond acceptors (Lipinski definition) is 7. The lowest BCUT2D eigenvalue weighted by molar-refractivity contribution is 0.0368. The molecule has 1 N–H and O–H groups in total. The molecule has 0 spiro atoms.